The topological polar surface area (TPSA) is 88.0 Å². The molecule has 1 atom stereocenters. The van der Waals surface area contributed by atoms with Crippen molar-refractivity contribution in [1.29, 1.82) is 0 Å². The first kappa shape index (κ1) is 18.1. The van der Waals surface area contributed by atoms with Gasteiger partial charge in [0.15, 0.2) is 11.5 Å². The molecule has 0 aromatic carbocycles. The summed E-state index contributed by atoms with van der Waals surface area (Å²) < 4.78 is 27.6. The maximum absolute atomic E-state index is 13.2. The summed E-state index contributed by atoms with van der Waals surface area (Å²) in [4.78, 5) is 24.7. The van der Waals surface area contributed by atoms with Crippen molar-refractivity contribution >= 4 is 39.1 Å². The molecule has 0 spiro atoms. The second-order valence-electron chi connectivity index (χ2n) is 7.01. The first-order chi connectivity index (χ1) is 14.0. The van der Waals surface area contributed by atoms with Gasteiger partial charge in [0.25, 0.3) is 12.3 Å². The zero-order valence-electron chi connectivity index (χ0n) is 15.4. The lowest BCUT2D eigenvalue weighted by Gasteiger charge is -2.40. The molecule has 0 aliphatic carbocycles. The highest BCUT2D eigenvalue weighted by Crippen LogP contribution is 2.31. The van der Waals surface area contributed by atoms with E-state index in [2.05, 4.69) is 36.7 Å². The largest absolute Gasteiger partial charge is 0.326 e. The Morgan fingerprint density at radius 2 is 2.31 bits per heavy atom. The van der Waals surface area contributed by atoms with Crippen molar-refractivity contribution in [2.75, 3.05) is 23.3 Å². The summed E-state index contributed by atoms with van der Waals surface area (Å²) >= 11 is 1.29. The van der Waals surface area contributed by atoms with E-state index in [9.17, 15) is 13.6 Å². The average Bonchev–Trinajstić information content (AvgIpc) is 3.31. The van der Waals surface area contributed by atoms with Crippen LogP contribution in [0.2, 0.25) is 0 Å². The van der Waals surface area contributed by atoms with Crippen LogP contribution in [-0.2, 0) is 7.05 Å². The summed E-state index contributed by atoms with van der Waals surface area (Å²) in [5.41, 5.74) is 1.43. The van der Waals surface area contributed by atoms with Crippen LogP contribution in [0.4, 0.5) is 20.3 Å². The predicted molar refractivity (Wildman–Crippen MR) is 105 cm³/mol. The smallest absolute Gasteiger partial charge is 0.284 e. The van der Waals surface area contributed by atoms with Crippen molar-refractivity contribution in [1.82, 2.24) is 25.1 Å². The van der Waals surface area contributed by atoms with Crippen molar-refractivity contribution in [2.45, 2.75) is 18.9 Å². The monoisotopic (exact) mass is 417 g/mol. The molecule has 150 valence electrons. The van der Waals surface area contributed by atoms with Crippen LogP contribution in [0.15, 0.2) is 29.5 Å². The number of aromatic nitrogens is 4. The lowest BCUT2D eigenvalue weighted by atomic mass is 10.0. The summed E-state index contributed by atoms with van der Waals surface area (Å²) in [6.45, 7) is 1.57. The number of fused-ring (bicyclic) bond motifs is 4. The molecule has 6 rings (SSSR count). The van der Waals surface area contributed by atoms with E-state index in [1.165, 1.54) is 29.3 Å². The predicted octanol–water partition coefficient (Wildman–Crippen LogP) is 2.68. The van der Waals surface area contributed by atoms with Gasteiger partial charge in [-0.05, 0) is 6.42 Å². The Morgan fingerprint density at radius 3 is 3.00 bits per heavy atom. The third kappa shape index (κ3) is 3.15. The third-order valence-electron chi connectivity index (χ3n) is 5.06. The average molecular weight is 417 g/mol. The van der Waals surface area contributed by atoms with Gasteiger partial charge in [-0.25, -0.2) is 18.7 Å². The van der Waals surface area contributed by atoms with E-state index in [-0.39, 0.29) is 5.69 Å². The number of aryl methyl sites for hydroxylation is 1. The van der Waals surface area contributed by atoms with Gasteiger partial charge in [-0.3, -0.25) is 9.48 Å². The molecule has 0 unspecified atom stereocenters. The molecule has 3 aliphatic heterocycles. The molecule has 2 N–H and O–H groups in total. The highest BCUT2D eigenvalue weighted by molar-refractivity contribution is 7.17. The second kappa shape index (κ2) is 6.85. The van der Waals surface area contributed by atoms with Crippen LogP contribution in [0, 0.1) is 0 Å². The number of hydrogen-bond acceptors (Lipinski definition) is 7. The maximum atomic E-state index is 13.2. The van der Waals surface area contributed by atoms with Crippen LogP contribution in [0.5, 0.6) is 0 Å². The van der Waals surface area contributed by atoms with E-state index in [1.54, 1.807) is 11.6 Å². The van der Waals surface area contributed by atoms with Crippen LogP contribution in [-0.4, -0.2) is 44.8 Å². The van der Waals surface area contributed by atoms with E-state index in [1.807, 2.05) is 0 Å². The summed E-state index contributed by atoms with van der Waals surface area (Å²) in [7, 11) is 1.52. The molecule has 3 aliphatic rings. The second-order valence-corrected chi connectivity index (χ2v) is 7.87. The Kier molecular flexibility index (Phi) is 4.28. The molecule has 1 saturated heterocycles. The molecule has 29 heavy (non-hydrogen) atoms. The Hall–Kier alpha value is -2.92. The van der Waals surface area contributed by atoms with Crippen LogP contribution in [0.1, 0.15) is 28.9 Å². The molecule has 8 nitrogen and oxygen atoms in total. The quantitative estimate of drug-likeness (QED) is 0.679. The van der Waals surface area contributed by atoms with Crippen molar-refractivity contribution in [3.63, 3.8) is 0 Å². The highest BCUT2D eigenvalue weighted by atomic mass is 32.1. The van der Waals surface area contributed by atoms with E-state index in [0.29, 0.717) is 27.8 Å². The molecule has 6 heterocycles. The Labute approximate surface area is 168 Å². The molecule has 0 saturated carbocycles. The minimum absolute atomic E-state index is 0.0134. The molecule has 3 aromatic heterocycles. The zero-order valence-corrected chi connectivity index (χ0v) is 16.2. The number of piperazine rings is 1. The summed E-state index contributed by atoms with van der Waals surface area (Å²) in [6.07, 6.45) is 3.46. The highest BCUT2D eigenvalue weighted by Gasteiger charge is 2.29. The van der Waals surface area contributed by atoms with Crippen molar-refractivity contribution in [2.24, 2.45) is 7.05 Å². The van der Waals surface area contributed by atoms with E-state index in [4.69, 9.17) is 0 Å². The number of thiophene rings is 1. The van der Waals surface area contributed by atoms with Gasteiger partial charge in [0.05, 0.1) is 17.4 Å². The minimum atomic E-state index is -2.78. The van der Waals surface area contributed by atoms with E-state index >= 15 is 0 Å². The first-order valence-corrected chi connectivity index (χ1v) is 9.95. The van der Waals surface area contributed by atoms with Crippen LogP contribution < -0.4 is 15.5 Å². The number of carbonyl (C=O) groups excluding carboxylic acids is 1. The van der Waals surface area contributed by atoms with E-state index in [0.717, 1.165) is 25.2 Å². The van der Waals surface area contributed by atoms with Crippen molar-refractivity contribution in [3.05, 3.63) is 40.8 Å². The summed E-state index contributed by atoms with van der Waals surface area (Å²) in [6, 6.07) is 0.369. The SMILES string of the molecule is Cn1cc(NC(=O)c2csc3ncc(N4C[C@@H]5CC=C4CN5)nc23)c(C(F)F)n1. The number of alkyl halides is 2. The van der Waals surface area contributed by atoms with Crippen molar-refractivity contribution in [3.8, 4) is 0 Å². The Balaban J connectivity index is 1.47. The molecule has 1 amide bonds. The fourth-order valence-corrected chi connectivity index (χ4v) is 4.48. The Morgan fingerprint density at radius 1 is 1.45 bits per heavy atom. The van der Waals surface area contributed by atoms with Gasteiger partial charge in [-0.1, -0.05) is 6.08 Å². The number of anilines is 2. The number of nitrogens with zero attached hydrogens (tertiary/aromatic N) is 5. The first-order valence-electron chi connectivity index (χ1n) is 9.07. The molecule has 3 aromatic rings. The molecular weight excluding hydrogens is 400 g/mol. The van der Waals surface area contributed by atoms with Gasteiger partial charge in [0.2, 0.25) is 0 Å². The third-order valence-corrected chi connectivity index (χ3v) is 5.94. The number of hydrogen-bond donors (Lipinski definition) is 2. The fourth-order valence-electron chi connectivity index (χ4n) is 3.65. The van der Waals surface area contributed by atoms with Gasteiger partial charge in [-0.15, -0.1) is 11.3 Å². The molecule has 2 bridgehead atoms. The standard InChI is InChI=1S/C18H17F2N7OS/c1-26-7-12(15(25-26)16(19)20)23-17(28)11-8-29-18-14(11)24-13(5-22-18)27-6-9-2-3-10(27)4-21-9/h3,5,7-9,16,21H,2,4,6H2,1H3,(H,23,28)/t9-/m0/s1. The summed E-state index contributed by atoms with van der Waals surface area (Å²) in [5, 5.41) is 11.3. The molecule has 11 heteroatoms. The number of halogens is 2. The Bertz CT molecular complexity index is 1140. The molecular formula is C18H17F2N7OS. The van der Waals surface area contributed by atoms with Gasteiger partial charge in [0, 0.05) is 43.5 Å². The van der Waals surface area contributed by atoms with Crippen molar-refractivity contribution < 1.29 is 13.6 Å². The fraction of sp³-hybridized carbons (Fsp3) is 0.333. The number of carbonyl (C=O) groups is 1. The number of rotatable bonds is 4. The lowest BCUT2D eigenvalue weighted by molar-refractivity contribution is 0.102. The maximum Gasteiger partial charge on any atom is 0.284 e. The van der Waals surface area contributed by atoms with Gasteiger partial charge < -0.3 is 15.5 Å². The van der Waals surface area contributed by atoms with Crippen LogP contribution >= 0.6 is 11.3 Å². The van der Waals surface area contributed by atoms with Gasteiger partial charge in [0.1, 0.15) is 10.3 Å². The molecule has 0 radical (unpaired) electrons. The van der Waals surface area contributed by atoms with E-state index < -0.39 is 18.0 Å². The minimum Gasteiger partial charge on any atom is -0.326 e. The normalized spacial score (nSPS) is 18.6. The number of nitrogens with one attached hydrogen (secondary N) is 2. The van der Waals surface area contributed by atoms with Crippen LogP contribution in [0.25, 0.3) is 10.3 Å². The van der Waals surface area contributed by atoms with Crippen LogP contribution in [0.3, 0.4) is 0 Å². The lowest BCUT2D eigenvalue weighted by Crippen LogP contribution is -2.52. The summed E-state index contributed by atoms with van der Waals surface area (Å²) in [5.74, 6) is 0.163. The zero-order chi connectivity index (χ0) is 20.1. The number of amides is 1. The molecule has 1 fully saturated rings. The van der Waals surface area contributed by atoms with Gasteiger partial charge >= 0.3 is 0 Å². The van der Waals surface area contributed by atoms with Gasteiger partial charge in [-0.2, -0.15) is 5.10 Å².